The Morgan fingerprint density at radius 3 is 2.70 bits per heavy atom. The summed E-state index contributed by atoms with van der Waals surface area (Å²) in [5, 5.41) is 13.5. The number of benzene rings is 2. The predicted molar refractivity (Wildman–Crippen MR) is 142 cm³/mol. The standard InChI is InChI=1S/C29H32FN5O2/c1-18-15-35(16-19(2)37-18)27-14-33-26-7-6-21(22-9-20(13-31)10-23(30)11-22)12-25(26)28(27)29(36)34(3)17-24-5-4-8-32-24/h6-7,9-12,14,18-19,24,32H,4-5,8,15-17H2,1-3H3/t18?,19?,24-/m0/s1. The summed E-state index contributed by atoms with van der Waals surface area (Å²) in [6.07, 6.45) is 3.99. The normalized spacial score (nSPS) is 21.7. The molecule has 8 heteroatoms. The number of fused-ring (bicyclic) bond motifs is 1. The molecule has 2 unspecified atom stereocenters. The number of ether oxygens (including phenoxy) is 1. The molecule has 0 spiro atoms. The van der Waals surface area contributed by atoms with Gasteiger partial charge in [0, 0.05) is 38.1 Å². The lowest BCUT2D eigenvalue weighted by Gasteiger charge is -2.38. The quantitative estimate of drug-likeness (QED) is 0.560. The Kier molecular flexibility index (Phi) is 7.09. The zero-order valence-electron chi connectivity index (χ0n) is 21.5. The van der Waals surface area contributed by atoms with Crippen LogP contribution in [0.25, 0.3) is 22.0 Å². The van der Waals surface area contributed by atoms with Crippen LogP contribution in [0.15, 0.2) is 42.6 Å². The number of halogens is 1. The van der Waals surface area contributed by atoms with Crippen LogP contribution in [0.1, 0.15) is 42.6 Å². The third kappa shape index (κ3) is 5.29. The summed E-state index contributed by atoms with van der Waals surface area (Å²) in [5.74, 6) is -0.547. The first-order chi connectivity index (χ1) is 17.8. The minimum Gasteiger partial charge on any atom is -0.372 e. The van der Waals surface area contributed by atoms with E-state index in [0.717, 1.165) is 30.6 Å². The molecule has 2 aromatic carbocycles. The van der Waals surface area contributed by atoms with Crippen LogP contribution >= 0.6 is 0 Å². The highest BCUT2D eigenvalue weighted by atomic mass is 19.1. The lowest BCUT2D eigenvalue weighted by atomic mass is 9.97. The smallest absolute Gasteiger partial charge is 0.256 e. The second-order valence-corrected chi connectivity index (χ2v) is 10.2. The van der Waals surface area contributed by atoms with Gasteiger partial charge in [-0.3, -0.25) is 9.78 Å². The van der Waals surface area contributed by atoms with Crippen molar-refractivity contribution in [2.75, 3.05) is 38.1 Å². The second kappa shape index (κ2) is 10.4. The molecular weight excluding hydrogens is 469 g/mol. The number of aromatic nitrogens is 1. The Balaban J connectivity index is 1.64. The van der Waals surface area contributed by atoms with Crippen molar-refractivity contribution in [3.8, 4) is 17.2 Å². The van der Waals surface area contributed by atoms with Gasteiger partial charge in [0.15, 0.2) is 0 Å². The van der Waals surface area contributed by atoms with Gasteiger partial charge < -0.3 is 19.9 Å². The Bertz CT molecular complexity index is 1350. The monoisotopic (exact) mass is 501 g/mol. The maximum Gasteiger partial charge on any atom is 0.256 e. The van der Waals surface area contributed by atoms with Crippen LogP contribution in [0.4, 0.5) is 10.1 Å². The topological polar surface area (TPSA) is 81.5 Å². The molecule has 0 radical (unpaired) electrons. The Hall–Kier alpha value is -3.54. The number of carbonyl (C=O) groups is 1. The van der Waals surface area contributed by atoms with Gasteiger partial charge in [-0.15, -0.1) is 0 Å². The summed E-state index contributed by atoms with van der Waals surface area (Å²) in [7, 11) is 1.85. The maximum absolute atomic E-state index is 14.3. The van der Waals surface area contributed by atoms with Gasteiger partial charge >= 0.3 is 0 Å². The van der Waals surface area contributed by atoms with Crippen molar-refractivity contribution in [1.82, 2.24) is 15.2 Å². The van der Waals surface area contributed by atoms with Crippen LogP contribution < -0.4 is 10.2 Å². The summed E-state index contributed by atoms with van der Waals surface area (Å²) < 4.78 is 20.2. The third-order valence-electron chi connectivity index (χ3n) is 7.19. The molecule has 3 aromatic rings. The van der Waals surface area contributed by atoms with E-state index in [9.17, 15) is 14.4 Å². The molecule has 0 saturated carbocycles. The molecule has 0 bridgehead atoms. The summed E-state index contributed by atoms with van der Waals surface area (Å²) in [6, 6.07) is 12.2. The summed E-state index contributed by atoms with van der Waals surface area (Å²) in [5.41, 5.74) is 3.61. The molecular formula is C29H32FN5O2. The van der Waals surface area contributed by atoms with Gasteiger partial charge in [-0.05, 0) is 74.7 Å². The zero-order chi connectivity index (χ0) is 26.1. The molecule has 2 saturated heterocycles. The van der Waals surface area contributed by atoms with E-state index in [0.29, 0.717) is 41.7 Å². The van der Waals surface area contributed by atoms with Crippen molar-refractivity contribution in [3.63, 3.8) is 0 Å². The fraction of sp³-hybridized carbons (Fsp3) is 0.414. The molecule has 2 fully saturated rings. The van der Waals surface area contributed by atoms with Gasteiger partial charge in [0.2, 0.25) is 0 Å². The SMILES string of the molecule is CC1CN(c2cnc3ccc(-c4cc(F)cc(C#N)c4)cc3c2C(=O)N(C)C[C@@H]2CCCN2)CC(C)O1. The van der Waals surface area contributed by atoms with E-state index < -0.39 is 5.82 Å². The number of nitrogens with one attached hydrogen (secondary N) is 1. The van der Waals surface area contributed by atoms with E-state index in [1.807, 2.05) is 45.2 Å². The third-order valence-corrected chi connectivity index (χ3v) is 7.19. The van der Waals surface area contributed by atoms with Crippen molar-refractivity contribution >= 4 is 22.5 Å². The first-order valence-electron chi connectivity index (χ1n) is 12.9. The number of amides is 1. The van der Waals surface area contributed by atoms with Crippen molar-refractivity contribution in [2.24, 2.45) is 0 Å². The number of rotatable bonds is 5. The lowest BCUT2D eigenvalue weighted by molar-refractivity contribution is -0.00530. The van der Waals surface area contributed by atoms with E-state index >= 15 is 0 Å². The molecule has 192 valence electrons. The molecule has 3 atom stereocenters. The molecule has 0 aliphatic carbocycles. The summed E-state index contributed by atoms with van der Waals surface area (Å²) in [4.78, 5) is 22.8. The molecule has 2 aliphatic rings. The number of pyridine rings is 1. The van der Waals surface area contributed by atoms with Gasteiger partial charge in [0.25, 0.3) is 5.91 Å². The average Bonchev–Trinajstić information content (AvgIpc) is 3.39. The first kappa shape index (κ1) is 25.1. The number of hydrogen-bond acceptors (Lipinski definition) is 6. The molecule has 1 aromatic heterocycles. The number of likely N-dealkylation sites (N-methyl/N-ethyl adjacent to an activating group) is 1. The number of morpholine rings is 1. The summed E-state index contributed by atoms with van der Waals surface area (Å²) >= 11 is 0. The van der Waals surface area contributed by atoms with Crippen LogP contribution in [0.3, 0.4) is 0 Å². The highest BCUT2D eigenvalue weighted by molar-refractivity contribution is 6.11. The lowest BCUT2D eigenvalue weighted by Crippen LogP contribution is -2.46. The van der Waals surface area contributed by atoms with Crippen LogP contribution in [0.2, 0.25) is 0 Å². The first-order valence-corrected chi connectivity index (χ1v) is 12.9. The summed E-state index contributed by atoms with van der Waals surface area (Å²) in [6.45, 7) is 6.97. The number of anilines is 1. The van der Waals surface area contributed by atoms with Gasteiger partial charge in [0.05, 0.1) is 46.8 Å². The van der Waals surface area contributed by atoms with E-state index in [1.165, 1.54) is 12.1 Å². The van der Waals surface area contributed by atoms with Crippen LogP contribution in [-0.4, -0.2) is 67.3 Å². The Morgan fingerprint density at radius 2 is 2.00 bits per heavy atom. The van der Waals surface area contributed by atoms with Gasteiger partial charge in [-0.2, -0.15) is 5.26 Å². The molecule has 1 N–H and O–H groups in total. The molecule has 37 heavy (non-hydrogen) atoms. The van der Waals surface area contributed by atoms with Crippen molar-refractivity contribution in [1.29, 1.82) is 5.26 Å². The van der Waals surface area contributed by atoms with Crippen LogP contribution in [0, 0.1) is 17.1 Å². The fourth-order valence-electron chi connectivity index (χ4n) is 5.54. The van der Waals surface area contributed by atoms with Gasteiger partial charge in [0.1, 0.15) is 5.82 Å². The Labute approximate surface area is 216 Å². The molecule has 5 rings (SSSR count). The van der Waals surface area contributed by atoms with E-state index in [1.54, 1.807) is 17.2 Å². The highest BCUT2D eigenvalue weighted by Gasteiger charge is 2.29. The predicted octanol–water partition coefficient (Wildman–Crippen LogP) is 4.35. The van der Waals surface area contributed by atoms with Crippen LogP contribution in [-0.2, 0) is 4.74 Å². The minimum atomic E-state index is -0.475. The van der Waals surface area contributed by atoms with E-state index in [-0.39, 0.29) is 29.7 Å². The number of nitriles is 1. The molecule has 7 nitrogen and oxygen atoms in total. The zero-order valence-corrected chi connectivity index (χ0v) is 21.5. The largest absolute Gasteiger partial charge is 0.372 e. The number of carbonyl (C=O) groups excluding carboxylic acids is 1. The maximum atomic E-state index is 14.3. The average molecular weight is 502 g/mol. The number of nitrogens with zero attached hydrogens (tertiary/aromatic N) is 4. The second-order valence-electron chi connectivity index (χ2n) is 10.2. The highest BCUT2D eigenvalue weighted by Crippen LogP contribution is 2.34. The molecule has 2 aliphatic heterocycles. The van der Waals surface area contributed by atoms with E-state index in [2.05, 4.69) is 10.2 Å². The number of hydrogen-bond donors (Lipinski definition) is 1. The molecule has 3 heterocycles. The van der Waals surface area contributed by atoms with Crippen LogP contribution in [0.5, 0.6) is 0 Å². The fourth-order valence-corrected chi connectivity index (χ4v) is 5.54. The van der Waals surface area contributed by atoms with Crippen molar-refractivity contribution < 1.29 is 13.9 Å². The Morgan fingerprint density at radius 1 is 1.22 bits per heavy atom. The van der Waals surface area contributed by atoms with Gasteiger partial charge in [-0.1, -0.05) is 6.07 Å². The van der Waals surface area contributed by atoms with Crippen molar-refractivity contribution in [3.05, 3.63) is 59.5 Å². The molecule has 1 amide bonds. The minimum absolute atomic E-state index is 0.0193. The van der Waals surface area contributed by atoms with E-state index in [4.69, 9.17) is 9.72 Å². The van der Waals surface area contributed by atoms with Crippen molar-refractivity contribution in [2.45, 2.75) is 44.9 Å². The van der Waals surface area contributed by atoms with Gasteiger partial charge in [-0.25, -0.2) is 4.39 Å².